The summed E-state index contributed by atoms with van der Waals surface area (Å²) >= 11 is 1.50. The number of rotatable bonds is 6. The lowest BCUT2D eigenvalue weighted by molar-refractivity contribution is -0.118. The molecule has 0 fully saturated rings. The average Bonchev–Trinajstić information content (AvgIpc) is 3.09. The van der Waals surface area contributed by atoms with Gasteiger partial charge in [0.15, 0.2) is 0 Å². The molecule has 0 aliphatic carbocycles. The summed E-state index contributed by atoms with van der Waals surface area (Å²) in [5.74, 6) is 1.19. The first kappa shape index (κ1) is 16.3. The number of aromatic nitrogens is 2. The molecule has 1 aromatic heterocycles. The van der Waals surface area contributed by atoms with Gasteiger partial charge in [-0.1, -0.05) is 53.2 Å². The maximum Gasteiger partial charge on any atom is 0.246 e. The number of aryl methyl sites for hydroxylation is 1. The van der Waals surface area contributed by atoms with Crippen molar-refractivity contribution >= 4 is 17.7 Å². The van der Waals surface area contributed by atoms with Gasteiger partial charge < -0.3 is 9.84 Å². The van der Waals surface area contributed by atoms with Crippen molar-refractivity contribution in [1.29, 1.82) is 0 Å². The Kier molecular flexibility index (Phi) is 5.28. The number of thioether (sulfide) groups is 1. The first-order chi connectivity index (χ1) is 11.7. The smallest absolute Gasteiger partial charge is 0.246 e. The van der Waals surface area contributed by atoms with Crippen LogP contribution in [0.4, 0.5) is 0 Å². The number of carbonyl (C=O) groups excluding carboxylic acids is 1. The Balaban J connectivity index is 1.48. The quantitative estimate of drug-likeness (QED) is 0.697. The average molecular weight is 339 g/mol. The summed E-state index contributed by atoms with van der Waals surface area (Å²) in [6.45, 7) is 2.27. The minimum atomic E-state index is -0.0694. The van der Waals surface area contributed by atoms with Gasteiger partial charge in [-0.2, -0.15) is 4.98 Å². The molecular weight excluding hydrogens is 322 g/mol. The van der Waals surface area contributed by atoms with Gasteiger partial charge in [0.1, 0.15) is 0 Å². The lowest BCUT2D eigenvalue weighted by atomic mass is 10.2. The van der Waals surface area contributed by atoms with E-state index < -0.39 is 0 Å². The fraction of sp³-hybridized carbons (Fsp3) is 0.167. The monoisotopic (exact) mass is 339 g/mol. The van der Waals surface area contributed by atoms with E-state index in [1.165, 1.54) is 17.3 Å². The predicted molar refractivity (Wildman–Crippen MR) is 93.5 cm³/mol. The summed E-state index contributed by atoms with van der Waals surface area (Å²) in [5, 5.41) is 6.71. The van der Waals surface area contributed by atoms with E-state index >= 15 is 0 Å². The fourth-order valence-electron chi connectivity index (χ4n) is 2.04. The number of benzene rings is 2. The van der Waals surface area contributed by atoms with E-state index in [0.29, 0.717) is 17.5 Å². The summed E-state index contributed by atoms with van der Waals surface area (Å²) in [6, 6.07) is 17.7. The zero-order valence-corrected chi connectivity index (χ0v) is 14.0. The molecule has 0 aliphatic rings. The van der Waals surface area contributed by atoms with Crippen LogP contribution in [-0.4, -0.2) is 21.8 Å². The highest BCUT2D eigenvalue weighted by Crippen LogP contribution is 2.18. The third kappa shape index (κ3) is 4.45. The summed E-state index contributed by atoms with van der Waals surface area (Å²) in [4.78, 5) is 17.3. The molecule has 3 rings (SSSR count). The Labute approximate surface area is 144 Å². The third-order valence-electron chi connectivity index (χ3n) is 3.33. The van der Waals surface area contributed by atoms with Gasteiger partial charge >= 0.3 is 0 Å². The van der Waals surface area contributed by atoms with Crippen molar-refractivity contribution in [1.82, 2.24) is 15.5 Å². The predicted octanol–water partition coefficient (Wildman–Crippen LogP) is 3.45. The van der Waals surface area contributed by atoms with Gasteiger partial charge in [-0.3, -0.25) is 4.79 Å². The molecule has 0 saturated carbocycles. The molecule has 0 bridgehead atoms. The molecule has 0 aliphatic heterocycles. The van der Waals surface area contributed by atoms with Crippen molar-refractivity contribution in [3.63, 3.8) is 0 Å². The van der Waals surface area contributed by atoms with Crippen molar-refractivity contribution in [3.05, 3.63) is 66.1 Å². The Morgan fingerprint density at radius 2 is 1.88 bits per heavy atom. The number of carbonyl (C=O) groups is 1. The van der Waals surface area contributed by atoms with E-state index in [2.05, 4.69) is 15.5 Å². The number of nitrogens with zero attached hydrogens (tertiary/aromatic N) is 2. The Morgan fingerprint density at radius 3 is 2.62 bits per heavy atom. The van der Waals surface area contributed by atoms with Crippen molar-refractivity contribution < 1.29 is 9.32 Å². The molecule has 5 nitrogen and oxygen atoms in total. The van der Waals surface area contributed by atoms with Crippen LogP contribution in [0.15, 0.2) is 64.0 Å². The van der Waals surface area contributed by atoms with Crippen LogP contribution in [-0.2, 0) is 11.3 Å². The highest BCUT2D eigenvalue weighted by molar-refractivity contribution is 8.00. The second-order valence-electron chi connectivity index (χ2n) is 5.26. The molecule has 3 aromatic rings. The molecular formula is C18H17N3O2S. The Morgan fingerprint density at radius 1 is 1.12 bits per heavy atom. The zero-order valence-electron chi connectivity index (χ0n) is 13.2. The Hall–Kier alpha value is -2.60. The van der Waals surface area contributed by atoms with Gasteiger partial charge in [0.25, 0.3) is 0 Å². The summed E-state index contributed by atoms with van der Waals surface area (Å²) < 4.78 is 5.16. The van der Waals surface area contributed by atoms with E-state index in [1.807, 2.05) is 61.5 Å². The van der Waals surface area contributed by atoms with Gasteiger partial charge in [0, 0.05) is 10.5 Å². The van der Waals surface area contributed by atoms with Crippen LogP contribution in [0.25, 0.3) is 11.4 Å². The molecule has 6 heteroatoms. The maximum absolute atomic E-state index is 11.9. The maximum atomic E-state index is 11.9. The molecule has 0 unspecified atom stereocenters. The number of amides is 1. The Bertz CT molecular complexity index is 801. The fourth-order valence-corrected chi connectivity index (χ4v) is 2.77. The van der Waals surface area contributed by atoms with Crippen LogP contribution in [0.2, 0.25) is 0 Å². The third-order valence-corrected chi connectivity index (χ3v) is 4.34. The van der Waals surface area contributed by atoms with Gasteiger partial charge in [-0.25, -0.2) is 0 Å². The van der Waals surface area contributed by atoms with E-state index in [9.17, 15) is 4.79 Å². The molecule has 0 saturated heterocycles. The number of hydrogen-bond acceptors (Lipinski definition) is 5. The number of hydrogen-bond donors (Lipinski definition) is 1. The molecule has 0 spiro atoms. The SMILES string of the molecule is Cc1ccc(SCC(=O)NCc2nc(-c3ccccc3)no2)cc1. The molecule has 1 amide bonds. The first-order valence-corrected chi connectivity index (χ1v) is 8.53. The van der Waals surface area contributed by atoms with Crippen LogP contribution in [0.5, 0.6) is 0 Å². The normalized spacial score (nSPS) is 10.5. The number of nitrogens with one attached hydrogen (secondary N) is 1. The minimum Gasteiger partial charge on any atom is -0.346 e. The van der Waals surface area contributed by atoms with Crippen molar-refractivity contribution in [3.8, 4) is 11.4 Å². The zero-order chi connectivity index (χ0) is 16.8. The van der Waals surface area contributed by atoms with Gasteiger partial charge in [0.2, 0.25) is 17.6 Å². The molecule has 0 radical (unpaired) electrons. The lowest BCUT2D eigenvalue weighted by Crippen LogP contribution is -2.24. The van der Waals surface area contributed by atoms with Gasteiger partial charge in [0.05, 0.1) is 12.3 Å². The van der Waals surface area contributed by atoms with Gasteiger partial charge in [-0.05, 0) is 19.1 Å². The van der Waals surface area contributed by atoms with Crippen LogP contribution in [0.1, 0.15) is 11.5 Å². The van der Waals surface area contributed by atoms with Crippen molar-refractivity contribution in [2.45, 2.75) is 18.4 Å². The second kappa shape index (κ2) is 7.79. The first-order valence-electron chi connectivity index (χ1n) is 7.55. The van der Waals surface area contributed by atoms with Crippen LogP contribution < -0.4 is 5.32 Å². The van der Waals surface area contributed by atoms with Crippen LogP contribution >= 0.6 is 11.8 Å². The highest BCUT2D eigenvalue weighted by atomic mass is 32.2. The molecule has 0 atom stereocenters. The second-order valence-corrected chi connectivity index (χ2v) is 6.30. The molecule has 1 heterocycles. The van der Waals surface area contributed by atoms with E-state index in [1.54, 1.807) is 0 Å². The molecule has 1 N–H and O–H groups in total. The van der Waals surface area contributed by atoms with E-state index in [-0.39, 0.29) is 12.5 Å². The molecule has 24 heavy (non-hydrogen) atoms. The largest absolute Gasteiger partial charge is 0.346 e. The molecule has 122 valence electrons. The molecule has 2 aromatic carbocycles. The summed E-state index contributed by atoms with van der Waals surface area (Å²) in [6.07, 6.45) is 0. The van der Waals surface area contributed by atoms with E-state index in [0.717, 1.165) is 10.5 Å². The van der Waals surface area contributed by atoms with Crippen LogP contribution in [0.3, 0.4) is 0 Å². The summed E-state index contributed by atoms with van der Waals surface area (Å²) in [5.41, 5.74) is 2.09. The highest BCUT2D eigenvalue weighted by Gasteiger charge is 2.09. The standard InChI is InChI=1S/C18H17N3O2S/c1-13-7-9-15(10-8-13)24-12-16(22)19-11-17-20-18(21-23-17)14-5-3-2-4-6-14/h2-10H,11-12H2,1H3,(H,19,22). The minimum absolute atomic E-state index is 0.0694. The van der Waals surface area contributed by atoms with Gasteiger partial charge in [-0.15, -0.1) is 11.8 Å². The van der Waals surface area contributed by atoms with Crippen LogP contribution in [0, 0.1) is 6.92 Å². The van der Waals surface area contributed by atoms with E-state index in [4.69, 9.17) is 4.52 Å². The summed E-state index contributed by atoms with van der Waals surface area (Å²) in [7, 11) is 0. The van der Waals surface area contributed by atoms with Crippen molar-refractivity contribution in [2.24, 2.45) is 0 Å². The lowest BCUT2D eigenvalue weighted by Gasteiger charge is -2.03. The topological polar surface area (TPSA) is 68.0 Å². The van der Waals surface area contributed by atoms with Crippen molar-refractivity contribution in [2.75, 3.05) is 5.75 Å².